The first-order valence-corrected chi connectivity index (χ1v) is 8.38. The zero-order chi connectivity index (χ0) is 15.9. The zero-order valence-corrected chi connectivity index (χ0v) is 13.1. The molecule has 0 saturated heterocycles. The minimum atomic E-state index is -3.79. The second-order valence-electron chi connectivity index (χ2n) is 4.59. The van der Waals surface area contributed by atoms with E-state index in [-0.39, 0.29) is 23.9 Å². The van der Waals surface area contributed by atoms with Crippen molar-refractivity contribution in [1.29, 1.82) is 0 Å². The summed E-state index contributed by atoms with van der Waals surface area (Å²) in [6.45, 7) is 4.12. The van der Waals surface area contributed by atoms with Crippen molar-refractivity contribution in [2.24, 2.45) is 0 Å². The molecule has 0 radical (unpaired) electrons. The van der Waals surface area contributed by atoms with Crippen molar-refractivity contribution in [1.82, 2.24) is 9.62 Å². The van der Waals surface area contributed by atoms with Crippen LogP contribution in [0.4, 0.5) is 4.39 Å². The maximum Gasteiger partial charge on any atom is 0.243 e. The van der Waals surface area contributed by atoms with E-state index in [1.807, 2.05) is 6.92 Å². The molecule has 5 nitrogen and oxygen atoms in total. The summed E-state index contributed by atoms with van der Waals surface area (Å²) in [4.78, 5) is 11.7. The van der Waals surface area contributed by atoms with Crippen LogP contribution in [0.3, 0.4) is 0 Å². The molecule has 0 fully saturated rings. The number of amides is 1. The van der Waals surface area contributed by atoms with Crippen LogP contribution in [-0.2, 0) is 14.8 Å². The smallest absolute Gasteiger partial charge is 0.243 e. The van der Waals surface area contributed by atoms with E-state index in [1.54, 1.807) is 6.92 Å². The van der Waals surface area contributed by atoms with Gasteiger partial charge in [-0.05, 0) is 30.7 Å². The number of halogens is 1. The quantitative estimate of drug-likeness (QED) is 0.743. The average Bonchev–Trinajstić information content (AvgIpc) is 2.45. The maximum absolute atomic E-state index is 12.9. The van der Waals surface area contributed by atoms with Crippen LogP contribution in [-0.4, -0.2) is 38.3 Å². The van der Waals surface area contributed by atoms with Crippen molar-refractivity contribution in [3.63, 3.8) is 0 Å². The fraction of sp³-hybridized carbons (Fsp3) is 0.500. The first-order chi connectivity index (χ1) is 9.91. The molecule has 0 aliphatic carbocycles. The van der Waals surface area contributed by atoms with Crippen molar-refractivity contribution in [3.8, 4) is 0 Å². The number of nitrogens with one attached hydrogen (secondary N) is 1. The van der Waals surface area contributed by atoms with Gasteiger partial charge < -0.3 is 5.32 Å². The maximum atomic E-state index is 12.9. The molecule has 118 valence electrons. The molecule has 0 bridgehead atoms. The third-order valence-electron chi connectivity index (χ3n) is 2.98. The number of sulfonamides is 1. The van der Waals surface area contributed by atoms with Crippen molar-refractivity contribution in [2.45, 2.75) is 31.6 Å². The number of likely N-dealkylation sites (N-methyl/N-ethyl adjacent to an activating group) is 1. The summed E-state index contributed by atoms with van der Waals surface area (Å²) in [5.74, 6) is -0.842. The van der Waals surface area contributed by atoms with Gasteiger partial charge in [-0.3, -0.25) is 4.79 Å². The summed E-state index contributed by atoms with van der Waals surface area (Å²) in [7, 11) is -3.79. The van der Waals surface area contributed by atoms with E-state index in [2.05, 4.69) is 5.32 Å². The lowest BCUT2D eigenvalue weighted by molar-refractivity contribution is -0.121. The molecule has 1 aromatic rings. The number of hydrogen-bond acceptors (Lipinski definition) is 3. The molecular weight excluding hydrogens is 295 g/mol. The molecule has 0 saturated carbocycles. The van der Waals surface area contributed by atoms with Gasteiger partial charge in [0.05, 0.1) is 11.4 Å². The van der Waals surface area contributed by atoms with Crippen molar-refractivity contribution in [3.05, 3.63) is 30.1 Å². The lowest BCUT2D eigenvalue weighted by Crippen LogP contribution is -2.40. The Morgan fingerprint density at radius 1 is 1.24 bits per heavy atom. The largest absolute Gasteiger partial charge is 0.355 e. The van der Waals surface area contributed by atoms with Crippen LogP contribution in [0.1, 0.15) is 26.7 Å². The highest BCUT2D eigenvalue weighted by molar-refractivity contribution is 7.89. The Hall–Kier alpha value is -1.47. The van der Waals surface area contributed by atoms with Gasteiger partial charge in [-0.1, -0.05) is 20.3 Å². The minimum Gasteiger partial charge on any atom is -0.355 e. The molecule has 0 spiro atoms. The van der Waals surface area contributed by atoms with Crippen LogP contribution in [0.25, 0.3) is 0 Å². The predicted octanol–water partition coefficient (Wildman–Crippen LogP) is 1.75. The molecule has 1 aromatic carbocycles. The fourth-order valence-electron chi connectivity index (χ4n) is 1.74. The third-order valence-corrected chi connectivity index (χ3v) is 4.91. The van der Waals surface area contributed by atoms with Gasteiger partial charge in [0.15, 0.2) is 0 Å². The average molecular weight is 316 g/mol. The van der Waals surface area contributed by atoms with Crippen LogP contribution >= 0.6 is 0 Å². The molecule has 1 amide bonds. The third kappa shape index (κ3) is 5.09. The Bertz CT molecular complexity index is 558. The van der Waals surface area contributed by atoms with Crippen LogP contribution in [0, 0.1) is 5.82 Å². The normalized spacial score (nSPS) is 11.6. The van der Waals surface area contributed by atoms with Gasteiger partial charge in [-0.25, -0.2) is 12.8 Å². The van der Waals surface area contributed by atoms with Crippen LogP contribution in [0.15, 0.2) is 29.2 Å². The highest BCUT2D eigenvalue weighted by Crippen LogP contribution is 2.15. The van der Waals surface area contributed by atoms with Crippen LogP contribution < -0.4 is 5.32 Å². The number of benzene rings is 1. The Morgan fingerprint density at radius 2 is 1.86 bits per heavy atom. The lowest BCUT2D eigenvalue weighted by atomic mass is 10.3. The number of nitrogens with zero attached hydrogens (tertiary/aromatic N) is 1. The molecule has 7 heteroatoms. The van der Waals surface area contributed by atoms with E-state index in [1.165, 1.54) is 12.1 Å². The molecule has 0 aliphatic heterocycles. The summed E-state index contributed by atoms with van der Waals surface area (Å²) >= 11 is 0. The predicted molar refractivity (Wildman–Crippen MR) is 78.8 cm³/mol. The van der Waals surface area contributed by atoms with Crippen molar-refractivity contribution >= 4 is 15.9 Å². The SMILES string of the molecule is CCCCNC(=O)CN(CC)S(=O)(=O)c1ccc(F)cc1. The molecule has 0 unspecified atom stereocenters. The summed E-state index contributed by atoms with van der Waals surface area (Å²) in [6.07, 6.45) is 1.80. The van der Waals surface area contributed by atoms with Crippen LogP contribution in [0.2, 0.25) is 0 Å². The van der Waals surface area contributed by atoms with E-state index in [4.69, 9.17) is 0 Å². The second kappa shape index (κ2) is 8.09. The monoisotopic (exact) mass is 316 g/mol. The van der Waals surface area contributed by atoms with E-state index in [0.29, 0.717) is 6.54 Å². The molecular formula is C14H21FN2O3S. The Morgan fingerprint density at radius 3 is 2.38 bits per heavy atom. The fourth-order valence-corrected chi connectivity index (χ4v) is 3.15. The number of carbonyl (C=O) groups is 1. The van der Waals surface area contributed by atoms with E-state index in [9.17, 15) is 17.6 Å². The van der Waals surface area contributed by atoms with Gasteiger partial charge in [0, 0.05) is 13.1 Å². The van der Waals surface area contributed by atoms with E-state index < -0.39 is 15.8 Å². The Labute approximate surface area is 125 Å². The van der Waals surface area contributed by atoms with Crippen molar-refractivity contribution < 1.29 is 17.6 Å². The molecule has 0 atom stereocenters. The first-order valence-electron chi connectivity index (χ1n) is 6.94. The summed E-state index contributed by atoms with van der Waals surface area (Å²) in [5, 5.41) is 2.68. The van der Waals surface area contributed by atoms with Gasteiger partial charge in [-0.2, -0.15) is 4.31 Å². The highest BCUT2D eigenvalue weighted by atomic mass is 32.2. The Kier molecular flexibility index (Phi) is 6.77. The summed E-state index contributed by atoms with van der Waals surface area (Å²) < 4.78 is 38.7. The lowest BCUT2D eigenvalue weighted by Gasteiger charge is -2.20. The standard InChI is InChI=1S/C14H21FN2O3S/c1-3-5-10-16-14(18)11-17(4-2)21(19,20)13-8-6-12(15)7-9-13/h6-9H,3-5,10-11H2,1-2H3,(H,16,18). The highest BCUT2D eigenvalue weighted by Gasteiger charge is 2.25. The van der Waals surface area contributed by atoms with Gasteiger partial charge >= 0.3 is 0 Å². The van der Waals surface area contributed by atoms with Gasteiger partial charge in [-0.15, -0.1) is 0 Å². The number of carbonyl (C=O) groups excluding carboxylic acids is 1. The van der Waals surface area contributed by atoms with Crippen molar-refractivity contribution in [2.75, 3.05) is 19.6 Å². The molecule has 1 N–H and O–H groups in total. The number of rotatable bonds is 8. The summed E-state index contributed by atoms with van der Waals surface area (Å²) in [5.41, 5.74) is 0. The number of unbranched alkanes of at least 4 members (excludes halogenated alkanes) is 1. The van der Waals surface area contributed by atoms with Crippen LogP contribution in [0.5, 0.6) is 0 Å². The second-order valence-corrected chi connectivity index (χ2v) is 6.53. The first kappa shape index (κ1) is 17.6. The topological polar surface area (TPSA) is 66.5 Å². The summed E-state index contributed by atoms with van der Waals surface area (Å²) in [6, 6.07) is 4.56. The molecule has 1 rings (SSSR count). The van der Waals surface area contributed by atoms with Gasteiger partial charge in [0.25, 0.3) is 0 Å². The number of hydrogen-bond donors (Lipinski definition) is 1. The van der Waals surface area contributed by atoms with E-state index in [0.717, 1.165) is 29.3 Å². The van der Waals surface area contributed by atoms with Gasteiger partial charge in [0.2, 0.25) is 15.9 Å². The molecule has 0 aliphatic rings. The Balaban J connectivity index is 2.78. The minimum absolute atomic E-state index is 0.0212. The molecule has 0 heterocycles. The van der Waals surface area contributed by atoms with Gasteiger partial charge in [0.1, 0.15) is 5.82 Å². The molecule has 21 heavy (non-hydrogen) atoms. The van der Waals surface area contributed by atoms with E-state index >= 15 is 0 Å². The molecule has 0 aromatic heterocycles. The zero-order valence-electron chi connectivity index (χ0n) is 12.3.